The number of aryl methyl sites for hydroxylation is 2. The van der Waals surface area contributed by atoms with Crippen molar-refractivity contribution in [2.75, 3.05) is 12.3 Å². The van der Waals surface area contributed by atoms with Crippen molar-refractivity contribution >= 4 is 22.4 Å². The molecule has 0 radical (unpaired) electrons. The fourth-order valence-electron chi connectivity index (χ4n) is 3.94. The molecule has 0 saturated heterocycles. The zero-order valence-corrected chi connectivity index (χ0v) is 18.0. The van der Waals surface area contributed by atoms with Crippen molar-refractivity contribution in [3.05, 3.63) is 96.1 Å². The van der Waals surface area contributed by atoms with E-state index in [-0.39, 0.29) is 6.42 Å². The SMILES string of the molecule is Nc1cc(CCC(=O)O)cc(-c2ccc3ccccc3c2)c1OCCCc1ccccc1. The zero-order chi connectivity index (χ0) is 22.3. The molecule has 0 aromatic heterocycles. The van der Waals surface area contributed by atoms with Gasteiger partial charge in [0.1, 0.15) is 5.75 Å². The Labute approximate surface area is 188 Å². The van der Waals surface area contributed by atoms with Crippen LogP contribution >= 0.6 is 0 Å². The predicted molar refractivity (Wildman–Crippen MR) is 130 cm³/mol. The van der Waals surface area contributed by atoms with Gasteiger partial charge in [-0.2, -0.15) is 0 Å². The molecule has 162 valence electrons. The van der Waals surface area contributed by atoms with Crippen LogP contribution in [0.15, 0.2) is 84.9 Å². The first-order valence-corrected chi connectivity index (χ1v) is 10.9. The van der Waals surface area contributed by atoms with Gasteiger partial charge in [-0.3, -0.25) is 4.79 Å². The van der Waals surface area contributed by atoms with Crippen LogP contribution in [0.5, 0.6) is 5.75 Å². The molecule has 4 nitrogen and oxygen atoms in total. The van der Waals surface area contributed by atoms with E-state index in [0.717, 1.165) is 40.3 Å². The number of carbonyl (C=O) groups is 1. The summed E-state index contributed by atoms with van der Waals surface area (Å²) in [5.74, 6) is -0.163. The number of hydrogen-bond acceptors (Lipinski definition) is 3. The first kappa shape index (κ1) is 21.4. The van der Waals surface area contributed by atoms with Gasteiger partial charge in [0.2, 0.25) is 0 Å². The summed E-state index contributed by atoms with van der Waals surface area (Å²) in [6.07, 6.45) is 2.30. The van der Waals surface area contributed by atoms with Crippen LogP contribution in [0.1, 0.15) is 24.0 Å². The second-order valence-electron chi connectivity index (χ2n) is 7.96. The minimum absolute atomic E-state index is 0.0634. The summed E-state index contributed by atoms with van der Waals surface area (Å²) in [5, 5.41) is 11.4. The van der Waals surface area contributed by atoms with E-state index in [0.29, 0.717) is 24.5 Å². The van der Waals surface area contributed by atoms with Gasteiger partial charge in [-0.05, 0) is 64.9 Å². The average Bonchev–Trinajstić information content (AvgIpc) is 2.81. The van der Waals surface area contributed by atoms with Crippen molar-refractivity contribution in [3.8, 4) is 16.9 Å². The van der Waals surface area contributed by atoms with Gasteiger partial charge in [0, 0.05) is 12.0 Å². The summed E-state index contributed by atoms with van der Waals surface area (Å²) in [4.78, 5) is 11.1. The number of carboxylic acids is 1. The van der Waals surface area contributed by atoms with E-state index in [2.05, 4.69) is 42.5 Å². The number of ether oxygens (including phenoxy) is 1. The predicted octanol–water partition coefficient (Wildman–Crippen LogP) is 6.12. The van der Waals surface area contributed by atoms with Gasteiger partial charge in [-0.1, -0.05) is 66.7 Å². The quantitative estimate of drug-likeness (QED) is 0.250. The monoisotopic (exact) mass is 425 g/mol. The van der Waals surface area contributed by atoms with Gasteiger partial charge in [0.25, 0.3) is 0 Å². The first-order valence-electron chi connectivity index (χ1n) is 10.9. The zero-order valence-electron chi connectivity index (χ0n) is 18.0. The summed E-state index contributed by atoms with van der Waals surface area (Å²) in [5.41, 5.74) is 11.0. The molecule has 0 amide bonds. The minimum atomic E-state index is -0.822. The fraction of sp³-hybridized carbons (Fsp3) is 0.179. The van der Waals surface area contributed by atoms with Gasteiger partial charge in [0.05, 0.1) is 12.3 Å². The lowest BCUT2D eigenvalue weighted by atomic mass is 9.96. The summed E-state index contributed by atoms with van der Waals surface area (Å²) < 4.78 is 6.20. The van der Waals surface area contributed by atoms with Gasteiger partial charge in [-0.25, -0.2) is 0 Å². The molecule has 4 aromatic carbocycles. The van der Waals surface area contributed by atoms with Gasteiger partial charge in [-0.15, -0.1) is 0 Å². The standard InChI is InChI=1S/C28H27NO3/c29-26-18-21(12-15-27(30)31)17-25(24-14-13-22-10-4-5-11-23(22)19-24)28(26)32-16-6-9-20-7-2-1-3-8-20/h1-5,7-8,10-11,13-14,17-19H,6,9,12,15-16,29H2,(H,30,31). The summed E-state index contributed by atoms with van der Waals surface area (Å²) in [6.45, 7) is 0.550. The Morgan fingerprint density at radius 2 is 1.56 bits per heavy atom. The van der Waals surface area contributed by atoms with Crippen LogP contribution in [0.25, 0.3) is 21.9 Å². The van der Waals surface area contributed by atoms with E-state index in [4.69, 9.17) is 15.6 Å². The van der Waals surface area contributed by atoms with Crippen LogP contribution in [0, 0.1) is 0 Å². The van der Waals surface area contributed by atoms with E-state index in [1.165, 1.54) is 5.56 Å². The lowest BCUT2D eigenvalue weighted by Crippen LogP contribution is -2.05. The third kappa shape index (κ3) is 5.27. The number of anilines is 1. The molecule has 4 rings (SSSR count). The minimum Gasteiger partial charge on any atom is -0.491 e. The van der Waals surface area contributed by atoms with Crippen LogP contribution in [0.3, 0.4) is 0 Å². The highest BCUT2D eigenvalue weighted by atomic mass is 16.5. The Kier molecular flexibility index (Phi) is 6.71. The normalized spacial score (nSPS) is 10.9. The number of rotatable bonds is 9. The molecule has 0 atom stereocenters. The summed E-state index contributed by atoms with van der Waals surface area (Å²) >= 11 is 0. The van der Waals surface area contributed by atoms with Crippen molar-refractivity contribution in [2.45, 2.75) is 25.7 Å². The third-order valence-electron chi connectivity index (χ3n) is 5.56. The second kappa shape index (κ2) is 10.0. The molecule has 0 unspecified atom stereocenters. The second-order valence-corrected chi connectivity index (χ2v) is 7.96. The molecule has 0 fully saturated rings. The van der Waals surface area contributed by atoms with E-state index in [1.54, 1.807) is 0 Å². The highest BCUT2D eigenvalue weighted by molar-refractivity contribution is 5.89. The number of hydrogen-bond donors (Lipinski definition) is 2. The summed E-state index contributed by atoms with van der Waals surface area (Å²) in [6, 6.07) is 28.7. The molecule has 0 aliphatic rings. The lowest BCUT2D eigenvalue weighted by Gasteiger charge is -2.17. The van der Waals surface area contributed by atoms with Crippen molar-refractivity contribution in [3.63, 3.8) is 0 Å². The maximum absolute atomic E-state index is 11.1. The van der Waals surface area contributed by atoms with Crippen LogP contribution in [-0.4, -0.2) is 17.7 Å². The van der Waals surface area contributed by atoms with Crippen molar-refractivity contribution in [2.24, 2.45) is 0 Å². The Bertz CT molecular complexity index is 1220. The Hall–Kier alpha value is -3.79. The lowest BCUT2D eigenvalue weighted by molar-refractivity contribution is -0.136. The Morgan fingerprint density at radius 1 is 0.812 bits per heavy atom. The molecule has 0 heterocycles. The molecule has 0 spiro atoms. The molecular formula is C28H27NO3. The topological polar surface area (TPSA) is 72.6 Å². The largest absolute Gasteiger partial charge is 0.491 e. The third-order valence-corrected chi connectivity index (χ3v) is 5.56. The molecule has 32 heavy (non-hydrogen) atoms. The van der Waals surface area contributed by atoms with Crippen molar-refractivity contribution in [1.82, 2.24) is 0 Å². The molecule has 4 heteroatoms. The highest BCUT2D eigenvalue weighted by Crippen LogP contribution is 2.38. The van der Waals surface area contributed by atoms with E-state index < -0.39 is 5.97 Å². The summed E-state index contributed by atoms with van der Waals surface area (Å²) in [7, 11) is 0. The maximum Gasteiger partial charge on any atom is 0.303 e. The number of fused-ring (bicyclic) bond motifs is 1. The molecule has 0 aliphatic carbocycles. The number of nitrogen functional groups attached to an aromatic ring is 1. The van der Waals surface area contributed by atoms with Gasteiger partial charge in [0.15, 0.2) is 0 Å². The Balaban J connectivity index is 1.61. The molecule has 4 aromatic rings. The maximum atomic E-state index is 11.1. The molecule has 0 saturated carbocycles. The number of aliphatic carboxylic acids is 1. The van der Waals surface area contributed by atoms with Crippen molar-refractivity contribution in [1.29, 1.82) is 0 Å². The average molecular weight is 426 g/mol. The van der Waals surface area contributed by atoms with Gasteiger partial charge < -0.3 is 15.6 Å². The smallest absolute Gasteiger partial charge is 0.303 e. The van der Waals surface area contributed by atoms with E-state index in [1.807, 2.05) is 42.5 Å². The molecular weight excluding hydrogens is 398 g/mol. The van der Waals surface area contributed by atoms with E-state index in [9.17, 15) is 4.79 Å². The Morgan fingerprint density at radius 3 is 2.34 bits per heavy atom. The van der Waals surface area contributed by atoms with Crippen LogP contribution in [-0.2, 0) is 17.6 Å². The molecule has 0 bridgehead atoms. The fourth-order valence-corrected chi connectivity index (χ4v) is 3.94. The number of benzene rings is 4. The number of carboxylic acid groups (broad SMARTS) is 1. The first-order chi connectivity index (χ1) is 15.6. The van der Waals surface area contributed by atoms with Gasteiger partial charge >= 0.3 is 5.97 Å². The molecule has 0 aliphatic heterocycles. The van der Waals surface area contributed by atoms with E-state index >= 15 is 0 Å². The van der Waals surface area contributed by atoms with Crippen LogP contribution in [0.4, 0.5) is 5.69 Å². The highest BCUT2D eigenvalue weighted by Gasteiger charge is 2.14. The van der Waals surface area contributed by atoms with Crippen molar-refractivity contribution < 1.29 is 14.6 Å². The van der Waals surface area contributed by atoms with Crippen LogP contribution < -0.4 is 10.5 Å². The van der Waals surface area contributed by atoms with Crippen LogP contribution in [0.2, 0.25) is 0 Å². The molecule has 3 N–H and O–H groups in total. The number of nitrogens with two attached hydrogens (primary N) is 1.